The zero-order chi connectivity index (χ0) is 38.1. The molecule has 0 saturated carbocycles. The third-order valence-electron chi connectivity index (χ3n) is 11.5. The van der Waals surface area contributed by atoms with Gasteiger partial charge in [-0.2, -0.15) is 0 Å². The second-order valence-corrected chi connectivity index (χ2v) is 14.9. The smallest absolute Gasteiger partial charge is 0.0620 e. The van der Waals surface area contributed by atoms with E-state index in [2.05, 4.69) is 215 Å². The Labute approximate surface area is 333 Å². The standard InChI is InChI=1S/C54H43N3/c1-2-43(24-14-17-39-16-13-21-42-20-9-11-28-51(42)55(37-36-39)44-22-7-4-8-23-44)56(45-32-30-41(31-33-45)40-18-5-3-6-19-40)46-34-35-53-50(38-46)49-27-15-26-48-47-25-10-12-29-52(47)57(53)54(48)49/h2-5,7-18,20-30,32,34-38H,1,6,19,31,33H2/b17-14+,21-13?,37-36?,39-16?,43-24+. The number of allylic oxidation sites excluding steroid dienone is 11. The molecule has 2 aliphatic carbocycles. The van der Waals surface area contributed by atoms with Gasteiger partial charge < -0.3 is 13.9 Å². The molecule has 0 atom stereocenters. The Morgan fingerprint density at radius 2 is 1.35 bits per heavy atom. The van der Waals surface area contributed by atoms with Crippen molar-refractivity contribution in [1.82, 2.24) is 8.97 Å². The summed E-state index contributed by atoms with van der Waals surface area (Å²) in [6, 6.07) is 50.2. The van der Waals surface area contributed by atoms with Gasteiger partial charge in [0.2, 0.25) is 0 Å². The Hall–Kier alpha value is -7.10. The Balaban J connectivity index is 1.09. The third-order valence-corrected chi connectivity index (χ3v) is 11.5. The second-order valence-electron chi connectivity index (χ2n) is 14.9. The first-order valence-electron chi connectivity index (χ1n) is 20.0. The van der Waals surface area contributed by atoms with Crippen molar-refractivity contribution in [3.8, 4) is 5.69 Å². The minimum Gasteiger partial charge on any atom is -0.317 e. The van der Waals surface area contributed by atoms with Crippen LogP contribution in [-0.2, 0) is 0 Å². The molecule has 0 N–H and O–H groups in total. The molecule has 5 aromatic carbocycles. The summed E-state index contributed by atoms with van der Waals surface area (Å²) < 4.78 is 4.70. The Morgan fingerprint density at radius 3 is 2.18 bits per heavy atom. The highest BCUT2D eigenvalue weighted by Crippen LogP contribution is 2.42. The Kier molecular flexibility index (Phi) is 8.97. The molecule has 0 spiro atoms. The van der Waals surface area contributed by atoms with E-state index in [1.165, 1.54) is 54.9 Å². The molecule has 3 heteroatoms. The lowest BCUT2D eigenvalue weighted by molar-refractivity contribution is 0.843. The largest absolute Gasteiger partial charge is 0.317 e. The van der Waals surface area contributed by atoms with Crippen LogP contribution >= 0.6 is 0 Å². The van der Waals surface area contributed by atoms with Crippen molar-refractivity contribution in [2.75, 3.05) is 4.90 Å². The number of aromatic nitrogens is 2. The maximum atomic E-state index is 4.37. The highest BCUT2D eigenvalue weighted by molar-refractivity contribution is 6.23. The molecular weight excluding hydrogens is 691 g/mol. The van der Waals surface area contributed by atoms with Crippen LogP contribution in [0.4, 0.5) is 5.69 Å². The summed E-state index contributed by atoms with van der Waals surface area (Å²) in [6.45, 7) is 4.37. The first kappa shape index (κ1) is 34.4. The van der Waals surface area contributed by atoms with E-state index >= 15 is 0 Å². The normalized spacial score (nSPS) is 14.7. The lowest BCUT2D eigenvalue weighted by Crippen LogP contribution is -2.22. The Morgan fingerprint density at radius 1 is 0.614 bits per heavy atom. The molecule has 3 nitrogen and oxygen atoms in total. The van der Waals surface area contributed by atoms with Crippen molar-refractivity contribution >= 4 is 60.8 Å². The summed E-state index contributed by atoms with van der Waals surface area (Å²) in [4.78, 5) is 2.41. The zero-order valence-corrected chi connectivity index (χ0v) is 31.9. The summed E-state index contributed by atoms with van der Waals surface area (Å²) in [5.41, 5.74) is 13.4. The van der Waals surface area contributed by atoms with Crippen molar-refractivity contribution in [3.05, 3.63) is 229 Å². The SMILES string of the molecule is C=C/C(=C\C=C\c1cccc2ccccc2n(-c2ccccc2)cc1)N(C1=CC=C(C2=CC=CCC2)CC1)c1ccc2c(c1)c1cccc3c4ccccc4n2c31. The molecule has 274 valence electrons. The van der Waals surface area contributed by atoms with Crippen LogP contribution in [0.25, 0.3) is 60.8 Å². The summed E-state index contributed by atoms with van der Waals surface area (Å²) in [7, 11) is 0. The molecular formula is C54H43N3. The fourth-order valence-corrected chi connectivity index (χ4v) is 8.81. The third kappa shape index (κ3) is 6.28. The van der Waals surface area contributed by atoms with E-state index in [-0.39, 0.29) is 0 Å². The quantitative estimate of drug-likeness (QED) is 0.142. The van der Waals surface area contributed by atoms with Crippen LogP contribution in [0, 0.1) is 0 Å². The fraction of sp³-hybridized carbons (Fsp3) is 0.0741. The van der Waals surface area contributed by atoms with Crippen LogP contribution in [0.5, 0.6) is 0 Å². The molecule has 0 unspecified atom stereocenters. The lowest BCUT2D eigenvalue weighted by atomic mass is 9.90. The van der Waals surface area contributed by atoms with Crippen molar-refractivity contribution in [2.24, 2.45) is 0 Å². The summed E-state index contributed by atoms with van der Waals surface area (Å²) in [6.07, 6.45) is 26.3. The van der Waals surface area contributed by atoms with Crippen molar-refractivity contribution in [1.29, 1.82) is 0 Å². The van der Waals surface area contributed by atoms with Gasteiger partial charge in [0.05, 0.1) is 22.1 Å². The van der Waals surface area contributed by atoms with Crippen LogP contribution in [0.1, 0.15) is 31.2 Å². The van der Waals surface area contributed by atoms with Crippen LogP contribution < -0.4 is 4.90 Å². The number of hydrogen-bond acceptors (Lipinski definition) is 1. The number of hydrogen-bond donors (Lipinski definition) is 0. The summed E-state index contributed by atoms with van der Waals surface area (Å²) in [5, 5.41) is 6.29. The summed E-state index contributed by atoms with van der Waals surface area (Å²) >= 11 is 0. The number of benzene rings is 5. The first-order chi connectivity index (χ1) is 28.2. The van der Waals surface area contributed by atoms with E-state index in [4.69, 9.17) is 0 Å². The number of fused-ring (bicyclic) bond motifs is 7. The molecule has 8 aromatic rings. The lowest BCUT2D eigenvalue weighted by Gasteiger charge is -2.31. The van der Waals surface area contributed by atoms with Crippen LogP contribution in [0.3, 0.4) is 0 Å². The van der Waals surface area contributed by atoms with E-state index in [9.17, 15) is 0 Å². The molecule has 0 fully saturated rings. The second kappa shape index (κ2) is 14.9. The maximum absolute atomic E-state index is 4.37. The van der Waals surface area contributed by atoms with Gasteiger partial charge in [0.15, 0.2) is 0 Å². The minimum absolute atomic E-state index is 0.938. The van der Waals surface area contributed by atoms with Gasteiger partial charge in [-0.3, -0.25) is 0 Å². The van der Waals surface area contributed by atoms with Crippen molar-refractivity contribution < 1.29 is 0 Å². The van der Waals surface area contributed by atoms with E-state index in [1.54, 1.807) is 0 Å². The first-order valence-corrected chi connectivity index (χ1v) is 20.0. The average molecular weight is 734 g/mol. The monoisotopic (exact) mass is 733 g/mol. The van der Waals surface area contributed by atoms with Gasteiger partial charge in [-0.1, -0.05) is 134 Å². The van der Waals surface area contributed by atoms with Crippen molar-refractivity contribution in [2.45, 2.75) is 25.7 Å². The van der Waals surface area contributed by atoms with Crippen LogP contribution in [0.15, 0.2) is 223 Å². The number of rotatable bonds is 8. The highest BCUT2D eigenvalue weighted by atomic mass is 15.2. The van der Waals surface area contributed by atoms with Crippen molar-refractivity contribution in [3.63, 3.8) is 0 Å². The summed E-state index contributed by atoms with van der Waals surface area (Å²) in [5.74, 6) is 0. The molecule has 3 heterocycles. The Bertz CT molecular complexity index is 3080. The predicted molar refractivity (Wildman–Crippen MR) is 244 cm³/mol. The number of anilines is 1. The maximum Gasteiger partial charge on any atom is 0.0620 e. The van der Waals surface area contributed by atoms with E-state index < -0.39 is 0 Å². The molecule has 0 aliphatic heterocycles. The van der Waals surface area contributed by atoms with Crippen LogP contribution in [-0.4, -0.2) is 8.97 Å². The molecule has 0 bridgehead atoms. The number of nitrogens with zero attached hydrogens (tertiary/aromatic N) is 3. The molecule has 10 rings (SSSR count). The van der Waals surface area contributed by atoms with Gasteiger partial charge in [0.1, 0.15) is 0 Å². The predicted octanol–water partition coefficient (Wildman–Crippen LogP) is 14.4. The molecule has 0 amide bonds. The number of para-hydroxylation sites is 4. The van der Waals surface area contributed by atoms with Gasteiger partial charge in [-0.15, -0.1) is 0 Å². The molecule has 0 saturated heterocycles. The molecule has 0 radical (unpaired) electrons. The molecule has 2 aliphatic rings. The van der Waals surface area contributed by atoms with Gasteiger partial charge in [-0.25, -0.2) is 0 Å². The van der Waals surface area contributed by atoms with Gasteiger partial charge in [0, 0.05) is 50.5 Å². The topological polar surface area (TPSA) is 12.6 Å². The molecule has 57 heavy (non-hydrogen) atoms. The molecule has 3 aromatic heterocycles. The van der Waals surface area contributed by atoms with E-state index in [0.29, 0.717) is 0 Å². The highest BCUT2D eigenvalue weighted by Gasteiger charge is 2.22. The van der Waals surface area contributed by atoms with E-state index in [0.717, 1.165) is 59.2 Å². The van der Waals surface area contributed by atoms with Gasteiger partial charge in [0.25, 0.3) is 0 Å². The average Bonchev–Trinajstić information content (AvgIpc) is 3.81. The van der Waals surface area contributed by atoms with Gasteiger partial charge in [-0.05, 0) is 115 Å². The fourth-order valence-electron chi connectivity index (χ4n) is 8.81. The van der Waals surface area contributed by atoms with E-state index in [1.807, 2.05) is 6.08 Å². The minimum atomic E-state index is 0.938. The zero-order valence-electron chi connectivity index (χ0n) is 31.9. The van der Waals surface area contributed by atoms with Gasteiger partial charge >= 0.3 is 0 Å². The van der Waals surface area contributed by atoms with Crippen LogP contribution in [0.2, 0.25) is 0 Å².